The standard InChI is InChI=1S/C14H15BrN2S/c1-10(16)13(11-6-3-2-4-7-11)18-14-12(15)8-5-9-17-14/h2-10,13H,16H2,1H3. The zero-order valence-electron chi connectivity index (χ0n) is 10.1. The lowest BCUT2D eigenvalue weighted by molar-refractivity contribution is 0.720. The molecule has 2 N–H and O–H groups in total. The number of halogens is 1. The first kappa shape index (κ1) is 13.6. The Morgan fingerprint density at radius 3 is 2.50 bits per heavy atom. The Hall–Kier alpha value is -0.840. The van der Waals surface area contributed by atoms with E-state index in [1.165, 1.54) is 5.56 Å². The molecule has 0 aliphatic heterocycles. The van der Waals surface area contributed by atoms with Crippen LogP contribution in [0.15, 0.2) is 58.2 Å². The van der Waals surface area contributed by atoms with Gasteiger partial charge < -0.3 is 5.73 Å². The quantitative estimate of drug-likeness (QED) is 0.864. The van der Waals surface area contributed by atoms with E-state index in [0.717, 1.165) is 9.50 Å². The highest BCUT2D eigenvalue weighted by Crippen LogP contribution is 2.38. The molecule has 1 aromatic heterocycles. The van der Waals surface area contributed by atoms with E-state index in [4.69, 9.17) is 5.73 Å². The van der Waals surface area contributed by atoms with E-state index < -0.39 is 0 Å². The molecular formula is C14H15BrN2S. The molecule has 2 aromatic rings. The van der Waals surface area contributed by atoms with Crippen molar-refractivity contribution in [1.29, 1.82) is 0 Å². The van der Waals surface area contributed by atoms with Crippen molar-refractivity contribution in [2.75, 3.05) is 0 Å². The highest BCUT2D eigenvalue weighted by molar-refractivity contribution is 9.10. The van der Waals surface area contributed by atoms with Crippen LogP contribution in [0.4, 0.5) is 0 Å². The van der Waals surface area contributed by atoms with Gasteiger partial charge in [-0.2, -0.15) is 0 Å². The van der Waals surface area contributed by atoms with Gasteiger partial charge in [-0.05, 0) is 40.5 Å². The van der Waals surface area contributed by atoms with E-state index in [-0.39, 0.29) is 11.3 Å². The van der Waals surface area contributed by atoms with Gasteiger partial charge in [-0.3, -0.25) is 0 Å². The van der Waals surface area contributed by atoms with Crippen molar-refractivity contribution in [3.63, 3.8) is 0 Å². The molecule has 0 bridgehead atoms. The molecule has 0 saturated carbocycles. The number of pyridine rings is 1. The van der Waals surface area contributed by atoms with E-state index in [1.807, 2.05) is 37.3 Å². The Labute approximate surface area is 120 Å². The molecule has 4 heteroatoms. The lowest BCUT2D eigenvalue weighted by Gasteiger charge is -2.20. The second kappa shape index (κ2) is 6.36. The molecule has 0 spiro atoms. The second-order valence-electron chi connectivity index (χ2n) is 4.10. The Morgan fingerprint density at radius 2 is 1.89 bits per heavy atom. The zero-order chi connectivity index (χ0) is 13.0. The molecule has 94 valence electrons. The SMILES string of the molecule is CC(N)C(Sc1ncccc1Br)c1ccccc1. The van der Waals surface area contributed by atoms with E-state index in [9.17, 15) is 0 Å². The Morgan fingerprint density at radius 1 is 1.17 bits per heavy atom. The van der Waals surface area contributed by atoms with Crippen LogP contribution in [-0.2, 0) is 0 Å². The molecule has 0 fully saturated rings. The van der Waals surface area contributed by atoms with Crippen LogP contribution in [0, 0.1) is 0 Å². The van der Waals surface area contributed by atoms with E-state index in [1.54, 1.807) is 18.0 Å². The zero-order valence-corrected chi connectivity index (χ0v) is 12.5. The molecule has 0 aliphatic carbocycles. The summed E-state index contributed by atoms with van der Waals surface area (Å²) in [5.41, 5.74) is 7.33. The third kappa shape index (κ3) is 3.34. The first-order valence-corrected chi connectivity index (χ1v) is 7.43. The van der Waals surface area contributed by atoms with E-state index in [0.29, 0.717) is 0 Å². The molecule has 2 atom stereocenters. The number of aromatic nitrogens is 1. The van der Waals surface area contributed by atoms with Crippen LogP contribution >= 0.6 is 27.7 Å². The Kier molecular flexibility index (Phi) is 4.80. The summed E-state index contributed by atoms with van der Waals surface area (Å²) in [4.78, 5) is 4.39. The summed E-state index contributed by atoms with van der Waals surface area (Å²) in [6.07, 6.45) is 1.80. The number of thioether (sulfide) groups is 1. The van der Waals surface area contributed by atoms with Crippen LogP contribution in [0.3, 0.4) is 0 Å². The van der Waals surface area contributed by atoms with Gasteiger partial charge in [0.25, 0.3) is 0 Å². The molecular weight excluding hydrogens is 308 g/mol. The van der Waals surface area contributed by atoms with Gasteiger partial charge in [0.05, 0.1) is 5.25 Å². The fourth-order valence-electron chi connectivity index (χ4n) is 1.70. The number of rotatable bonds is 4. The molecule has 0 saturated heterocycles. The van der Waals surface area contributed by atoms with E-state index in [2.05, 4.69) is 33.0 Å². The van der Waals surface area contributed by atoms with Gasteiger partial charge in [-0.25, -0.2) is 4.98 Å². The summed E-state index contributed by atoms with van der Waals surface area (Å²) in [6.45, 7) is 2.03. The summed E-state index contributed by atoms with van der Waals surface area (Å²) in [7, 11) is 0. The van der Waals surface area contributed by atoms with Crippen LogP contribution in [0.1, 0.15) is 17.7 Å². The van der Waals surface area contributed by atoms with Crippen molar-refractivity contribution in [1.82, 2.24) is 4.98 Å². The minimum atomic E-state index is 0.0614. The minimum absolute atomic E-state index is 0.0614. The van der Waals surface area contributed by atoms with Gasteiger partial charge >= 0.3 is 0 Å². The van der Waals surface area contributed by atoms with Gasteiger partial charge in [0.15, 0.2) is 0 Å². The summed E-state index contributed by atoms with van der Waals surface area (Å²) in [5, 5.41) is 1.18. The molecule has 2 nitrogen and oxygen atoms in total. The predicted molar refractivity (Wildman–Crippen MR) is 80.6 cm³/mol. The van der Waals surface area contributed by atoms with Crippen molar-refractivity contribution in [2.24, 2.45) is 5.73 Å². The smallest absolute Gasteiger partial charge is 0.111 e. The first-order chi connectivity index (χ1) is 8.68. The lowest BCUT2D eigenvalue weighted by atomic mass is 10.1. The lowest BCUT2D eigenvalue weighted by Crippen LogP contribution is -2.22. The number of hydrogen-bond acceptors (Lipinski definition) is 3. The Bertz CT molecular complexity index is 502. The first-order valence-electron chi connectivity index (χ1n) is 5.76. The fraction of sp³-hybridized carbons (Fsp3) is 0.214. The van der Waals surface area contributed by atoms with Crippen LogP contribution < -0.4 is 5.73 Å². The summed E-state index contributed by atoms with van der Waals surface area (Å²) in [6, 6.07) is 14.3. The van der Waals surface area contributed by atoms with Crippen LogP contribution in [0.25, 0.3) is 0 Å². The molecule has 1 heterocycles. The largest absolute Gasteiger partial charge is 0.327 e. The van der Waals surface area contributed by atoms with Crippen molar-refractivity contribution >= 4 is 27.7 Å². The highest BCUT2D eigenvalue weighted by atomic mass is 79.9. The fourth-order valence-corrected chi connectivity index (χ4v) is 3.29. The van der Waals surface area contributed by atoms with Crippen molar-refractivity contribution < 1.29 is 0 Å². The molecule has 0 amide bonds. The third-order valence-corrected chi connectivity index (χ3v) is 4.98. The maximum Gasteiger partial charge on any atom is 0.111 e. The maximum atomic E-state index is 6.10. The highest BCUT2D eigenvalue weighted by Gasteiger charge is 2.19. The molecule has 2 unspecified atom stereocenters. The van der Waals surface area contributed by atoms with Gasteiger partial charge in [-0.15, -0.1) is 0 Å². The van der Waals surface area contributed by atoms with Gasteiger partial charge in [-0.1, -0.05) is 42.1 Å². The monoisotopic (exact) mass is 322 g/mol. The number of nitrogens with zero attached hydrogens (tertiary/aromatic N) is 1. The van der Waals surface area contributed by atoms with Crippen LogP contribution in [-0.4, -0.2) is 11.0 Å². The summed E-state index contributed by atoms with van der Waals surface area (Å²) < 4.78 is 1.01. The minimum Gasteiger partial charge on any atom is -0.327 e. The molecule has 0 aliphatic rings. The van der Waals surface area contributed by atoms with Crippen molar-refractivity contribution in [2.45, 2.75) is 23.2 Å². The van der Waals surface area contributed by atoms with Crippen molar-refractivity contribution in [3.8, 4) is 0 Å². The third-order valence-electron chi connectivity index (χ3n) is 2.57. The topological polar surface area (TPSA) is 38.9 Å². The predicted octanol–water partition coefficient (Wildman–Crippen LogP) is 4.02. The molecule has 0 radical (unpaired) electrons. The molecule has 1 aromatic carbocycles. The molecule has 2 rings (SSSR count). The number of hydrogen-bond donors (Lipinski definition) is 1. The van der Waals surface area contributed by atoms with Crippen molar-refractivity contribution in [3.05, 3.63) is 58.7 Å². The normalized spacial score (nSPS) is 14.2. The van der Waals surface area contributed by atoms with Crippen LogP contribution in [0.2, 0.25) is 0 Å². The average Bonchev–Trinajstić information content (AvgIpc) is 2.38. The molecule has 18 heavy (non-hydrogen) atoms. The van der Waals surface area contributed by atoms with Crippen LogP contribution in [0.5, 0.6) is 0 Å². The number of benzene rings is 1. The van der Waals surface area contributed by atoms with Gasteiger partial charge in [0.1, 0.15) is 5.03 Å². The maximum absolute atomic E-state index is 6.10. The number of nitrogens with two attached hydrogens (primary N) is 1. The average molecular weight is 323 g/mol. The Balaban J connectivity index is 2.26. The summed E-state index contributed by atoms with van der Waals surface area (Å²) >= 11 is 5.22. The van der Waals surface area contributed by atoms with E-state index >= 15 is 0 Å². The second-order valence-corrected chi connectivity index (χ2v) is 6.08. The summed E-state index contributed by atoms with van der Waals surface area (Å²) in [5.74, 6) is 0. The van der Waals surface area contributed by atoms with Gasteiger partial charge in [0.2, 0.25) is 0 Å². The van der Waals surface area contributed by atoms with Gasteiger partial charge in [0, 0.05) is 16.7 Å².